The van der Waals surface area contributed by atoms with Crippen LogP contribution in [0.25, 0.3) is 10.6 Å². The molecule has 24 heavy (non-hydrogen) atoms. The van der Waals surface area contributed by atoms with Crippen molar-refractivity contribution in [1.82, 2.24) is 9.97 Å². The van der Waals surface area contributed by atoms with Crippen molar-refractivity contribution in [2.75, 3.05) is 11.9 Å². The Kier molecular flexibility index (Phi) is 5.23. The highest BCUT2D eigenvalue weighted by molar-refractivity contribution is 7.15. The molecule has 0 amide bonds. The fourth-order valence-electron chi connectivity index (χ4n) is 2.63. The quantitative estimate of drug-likeness (QED) is 0.706. The summed E-state index contributed by atoms with van der Waals surface area (Å²) in [5.74, 6) is 0. The molecule has 0 saturated heterocycles. The molecule has 5 heteroatoms. The van der Waals surface area contributed by atoms with E-state index in [1.54, 1.807) is 17.5 Å². The molecule has 2 aromatic heterocycles. The number of anilines is 1. The number of thiazole rings is 1. The lowest BCUT2D eigenvalue weighted by atomic mass is 10.1. The number of benzene rings is 1. The summed E-state index contributed by atoms with van der Waals surface area (Å²) in [6.07, 6.45) is 4.31. The molecule has 0 aliphatic heterocycles. The zero-order chi connectivity index (χ0) is 16.9. The number of nitrogens with one attached hydrogen (secondary N) is 1. The van der Waals surface area contributed by atoms with Gasteiger partial charge in [-0.05, 0) is 50.1 Å². The van der Waals surface area contributed by atoms with Crippen molar-refractivity contribution in [1.29, 1.82) is 0 Å². The van der Waals surface area contributed by atoms with E-state index in [4.69, 9.17) is 10.1 Å². The minimum absolute atomic E-state index is 0.177. The summed E-state index contributed by atoms with van der Waals surface area (Å²) in [7, 11) is 0. The third-order valence-corrected chi connectivity index (χ3v) is 5.26. The van der Waals surface area contributed by atoms with Crippen molar-refractivity contribution >= 4 is 17.0 Å². The smallest absolute Gasteiger partial charge is 0.125 e. The molecule has 0 bridgehead atoms. The molecular formula is C19H21N3OS. The van der Waals surface area contributed by atoms with Gasteiger partial charge in [0.25, 0.3) is 0 Å². The molecule has 0 aliphatic rings. The average Bonchev–Trinajstić information content (AvgIpc) is 3.00. The van der Waals surface area contributed by atoms with E-state index in [9.17, 15) is 0 Å². The van der Waals surface area contributed by atoms with E-state index in [-0.39, 0.29) is 12.6 Å². The van der Waals surface area contributed by atoms with E-state index in [0.29, 0.717) is 6.42 Å². The lowest BCUT2D eigenvalue weighted by Gasteiger charge is -2.14. The lowest BCUT2D eigenvalue weighted by molar-refractivity contribution is 0.299. The Morgan fingerprint density at radius 3 is 2.67 bits per heavy atom. The van der Waals surface area contributed by atoms with Gasteiger partial charge in [-0.3, -0.25) is 4.98 Å². The van der Waals surface area contributed by atoms with E-state index >= 15 is 0 Å². The molecule has 4 nitrogen and oxygen atoms in total. The van der Waals surface area contributed by atoms with Crippen LogP contribution in [0, 0.1) is 6.92 Å². The Balaban J connectivity index is 1.75. The van der Waals surface area contributed by atoms with E-state index < -0.39 is 0 Å². The predicted molar refractivity (Wildman–Crippen MR) is 99.4 cm³/mol. The van der Waals surface area contributed by atoms with Crippen LogP contribution in [0.5, 0.6) is 0 Å². The van der Waals surface area contributed by atoms with Crippen molar-refractivity contribution in [3.8, 4) is 10.6 Å². The van der Waals surface area contributed by atoms with Gasteiger partial charge in [0.05, 0.1) is 11.7 Å². The minimum atomic E-state index is 0.177. The first kappa shape index (κ1) is 16.6. The summed E-state index contributed by atoms with van der Waals surface area (Å²) >= 11 is 1.70. The molecule has 0 aliphatic carbocycles. The van der Waals surface area contributed by atoms with E-state index in [2.05, 4.69) is 29.4 Å². The van der Waals surface area contributed by atoms with Crippen LogP contribution in [0.4, 0.5) is 5.69 Å². The second-order valence-corrected chi connectivity index (χ2v) is 6.78. The van der Waals surface area contributed by atoms with Crippen molar-refractivity contribution < 1.29 is 5.11 Å². The average molecular weight is 339 g/mol. The van der Waals surface area contributed by atoms with Crippen LogP contribution in [0.15, 0.2) is 48.8 Å². The van der Waals surface area contributed by atoms with Crippen molar-refractivity contribution in [3.63, 3.8) is 0 Å². The molecule has 0 spiro atoms. The van der Waals surface area contributed by atoms with Gasteiger partial charge in [0.2, 0.25) is 0 Å². The molecule has 1 unspecified atom stereocenters. The van der Waals surface area contributed by atoms with Crippen LogP contribution in [-0.2, 0) is 6.42 Å². The lowest BCUT2D eigenvalue weighted by Crippen LogP contribution is -2.06. The Morgan fingerprint density at radius 1 is 1.21 bits per heavy atom. The molecule has 3 aromatic rings. The summed E-state index contributed by atoms with van der Waals surface area (Å²) in [5, 5.41) is 13.5. The molecule has 1 aromatic carbocycles. The van der Waals surface area contributed by atoms with Crippen LogP contribution in [-0.4, -0.2) is 21.7 Å². The number of nitrogens with zero attached hydrogens (tertiary/aromatic N) is 2. The minimum Gasteiger partial charge on any atom is -0.396 e. The van der Waals surface area contributed by atoms with Gasteiger partial charge >= 0.3 is 0 Å². The number of hydrogen-bond donors (Lipinski definition) is 2. The predicted octanol–water partition coefficient (Wildman–Crippen LogP) is 4.22. The van der Waals surface area contributed by atoms with Crippen LogP contribution < -0.4 is 5.32 Å². The number of pyridine rings is 1. The first-order valence-electron chi connectivity index (χ1n) is 8.01. The van der Waals surface area contributed by atoms with Crippen LogP contribution in [0.1, 0.15) is 29.1 Å². The molecular weight excluding hydrogens is 318 g/mol. The number of aromatic nitrogens is 2. The fraction of sp³-hybridized carbons (Fsp3) is 0.263. The van der Waals surface area contributed by atoms with Crippen LogP contribution >= 0.6 is 11.3 Å². The van der Waals surface area contributed by atoms with Gasteiger partial charge < -0.3 is 10.4 Å². The summed E-state index contributed by atoms with van der Waals surface area (Å²) < 4.78 is 0. The first-order chi connectivity index (χ1) is 11.7. The van der Waals surface area contributed by atoms with Crippen molar-refractivity contribution in [3.05, 3.63) is 64.9 Å². The van der Waals surface area contributed by atoms with Gasteiger partial charge in [0.1, 0.15) is 5.01 Å². The second kappa shape index (κ2) is 7.55. The number of aryl methyl sites for hydroxylation is 1. The maximum Gasteiger partial charge on any atom is 0.125 e. The van der Waals surface area contributed by atoms with Gasteiger partial charge in [-0.2, -0.15) is 0 Å². The van der Waals surface area contributed by atoms with E-state index in [1.807, 2.05) is 37.4 Å². The zero-order valence-electron chi connectivity index (χ0n) is 13.9. The summed E-state index contributed by atoms with van der Waals surface area (Å²) in [4.78, 5) is 10.1. The van der Waals surface area contributed by atoms with Crippen LogP contribution in [0.3, 0.4) is 0 Å². The summed E-state index contributed by atoms with van der Waals surface area (Å²) in [6, 6.07) is 12.3. The Hall–Kier alpha value is -2.24. The summed E-state index contributed by atoms with van der Waals surface area (Å²) in [6.45, 7) is 4.38. The van der Waals surface area contributed by atoms with E-state index in [1.165, 1.54) is 4.88 Å². The fourth-order valence-corrected chi connectivity index (χ4v) is 3.69. The molecule has 124 valence electrons. The van der Waals surface area contributed by atoms with Gasteiger partial charge in [-0.15, -0.1) is 11.3 Å². The van der Waals surface area contributed by atoms with Crippen LogP contribution in [0.2, 0.25) is 0 Å². The first-order valence-corrected chi connectivity index (χ1v) is 8.83. The third kappa shape index (κ3) is 3.80. The van der Waals surface area contributed by atoms with Gasteiger partial charge in [0, 0.05) is 35.1 Å². The monoisotopic (exact) mass is 339 g/mol. The molecule has 0 saturated carbocycles. The molecule has 2 heterocycles. The maximum absolute atomic E-state index is 8.98. The summed E-state index contributed by atoms with van der Waals surface area (Å²) in [5.41, 5.74) is 4.32. The number of aliphatic hydroxyl groups is 1. The number of rotatable bonds is 6. The van der Waals surface area contributed by atoms with Gasteiger partial charge in [0.15, 0.2) is 0 Å². The highest BCUT2D eigenvalue weighted by Crippen LogP contribution is 2.32. The van der Waals surface area contributed by atoms with Crippen molar-refractivity contribution in [2.24, 2.45) is 0 Å². The van der Waals surface area contributed by atoms with Gasteiger partial charge in [-0.1, -0.05) is 12.1 Å². The molecule has 3 rings (SSSR count). The van der Waals surface area contributed by atoms with Crippen molar-refractivity contribution in [2.45, 2.75) is 26.3 Å². The zero-order valence-corrected chi connectivity index (χ0v) is 14.7. The highest BCUT2D eigenvalue weighted by Gasteiger charge is 2.15. The Bertz CT molecular complexity index is 784. The number of hydrogen-bond acceptors (Lipinski definition) is 5. The van der Waals surface area contributed by atoms with Gasteiger partial charge in [-0.25, -0.2) is 4.98 Å². The Labute approximate surface area is 146 Å². The standard InChI is InChI=1S/C19H21N3OS/c1-13(21-17-7-5-15(6-8-17)9-11-23)18-14(2)22-19(24-18)16-4-3-10-20-12-16/h3-8,10,12-13,21,23H,9,11H2,1-2H3. The van der Waals surface area contributed by atoms with E-state index in [0.717, 1.165) is 27.5 Å². The second-order valence-electron chi connectivity index (χ2n) is 5.75. The molecule has 0 fully saturated rings. The number of aliphatic hydroxyl groups excluding tert-OH is 1. The Morgan fingerprint density at radius 2 is 2.00 bits per heavy atom. The topological polar surface area (TPSA) is 58.0 Å². The SMILES string of the molecule is Cc1nc(-c2cccnc2)sc1C(C)Nc1ccc(CCO)cc1. The molecule has 1 atom stereocenters. The largest absolute Gasteiger partial charge is 0.396 e. The third-order valence-electron chi connectivity index (χ3n) is 3.87. The molecule has 2 N–H and O–H groups in total. The maximum atomic E-state index is 8.98. The normalized spacial score (nSPS) is 12.1. The highest BCUT2D eigenvalue weighted by atomic mass is 32.1. The molecule has 0 radical (unpaired) electrons.